The molecular weight excluding hydrogens is 1290 g/mol. The van der Waals surface area contributed by atoms with Crippen molar-refractivity contribution in [2.75, 3.05) is 9.80 Å². The van der Waals surface area contributed by atoms with Crippen LogP contribution in [0.15, 0.2) is 320 Å². The molecule has 2 aliphatic carbocycles. The molecule has 0 spiro atoms. The van der Waals surface area contributed by atoms with Crippen LogP contribution in [0.1, 0.15) is 46.3 Å². The third kappa shape index (κ3) is 9.18. The molecule has 0 saturated carbocycles. The number of thiophene rings is 3. The van der Waals surface area contributed by atoms with E-state index in [1.807, 2.05) is 34.0 Å². The molecule has 0 saturated heterocycles. The van der Waals surface area contributed by atoms with Crippen LogP contribution in [0.3, 0.4) is 0 Å². The van der Waals surface area contributed by atoms with E-state index in [-0.39, 0.29) is 18.0 Å². The Balaban J connectivity index is 0.653. The molecule has 3 unspecified atom stereocenters. The van der Waals surface area contributed by atoms with Crippen LogP contribution in [0.4, 0.5) is 22.7 Å². The molecule has 6 aromatic heterocycles. The molecule has 0 fully saturated rings. The average molecular weight is 1350 g/mol. The highest BCUT2D eigenvalue weighted by atomic mass is 32.1. The lowest BCUT2D eigenvalue weighted by molar-refractivity contribution is 0.557. The quantitative estimate of drug-likeness (QED) is 0.129. The third-order valence-corrected chi connectivity index (χ3v) is 25.2. The van der Waals surface area contributed by atoms with Crippen LogP contribution in [0.5, 0.6) is 0 Å². The fourth-order valence-corrected chi connectivity index (χ4v) is 20.8. The van der Waals surface area contributed by atoms with E-state index >= 15 is 0 Å². The van der Waals surface area contributed by atoms with E-state index in [1.165, 1.54) is 128 Å². The number of anilines is 4. The zero-order valence-corrected chi connectivity index (χ0v) is 57.5. The van der Waals surface area contributed by atoms with Gasteiger partial charge in [0.15, 0.2) is 0 Å². The van der Waals surface area contributed by atoms with Crippen molar-refractivity contribution in [3.05, 3.63) is 336 Å². The first-order chi connectivity index (χ1) is 50.0. The van der Waals surface area contributed by atoms with Gasteiger partial charge in [-0.05, 0) is 148 Å². The van der Waals surface area contributed by atoms with Crippen LogP contribution in [-0.4, -0.2) is 9.13 Å². The van der Waals surface area contributed by atoms with Gasteiger partial charge in [0.2, 0.25) is 0 Å². The maximum Gasteiger partial charge on any atom is 0.137 e. The van der Waals surface area contributed by atoms with E-state index in [2.05, 4.69) is 353 Å². The number of furan rings is 1. The fraction of sp³-hybridized carbons (Fsp3) is 0.0538. The Morgan fingerprint density at radius 2 is 0.911 bits per heavy atom. The highest BCUT2D eigenvalue weighted by Crippen LogP contribution is 2.55. The number of para-hydroxylation sites is 3. The second-order valence-corrected chi connectivity index (χ2v) is 30.1. The molecule has 19 aromatic rings. The SMILES string of the molecule is CC1C=Cc2c(sc3c4ccccc4n(-c4ccccc4)c23)C1N(c1ccc(-c2cccc3ccccc23)cc1)c1ccc2c(c1)oc1cc(-c3ccc(-n4c5ccccc5c5sc6c(c54)C=CCC6N(c4ccc(-c5ccccc5)cc4)c4cccc5c4sc4ccccc45)cc3)ccc12. The minimum Gasteiger partial charge on any atom is -0.456 e. The van der Waals surface area contributed by atoms with Crippen molar-refractivity contribution in [1.82, 2.24) is 9.13 Å². The van der Waals surface area contributed by atoms with Crippen LogP contribution in [0.25, 0.3) is 152 Å². The van der Waals surface area contributed by atoms with E-state index < -0.39 is 0 Å². The Kier molecular flexibility index (Phi) is 13.3. The molecule has 0 aliphatic heterocycles. The fourth-order valence-electron chi connectivity index (χ4n) is 16.7. The van der Waals surface area contributed by atoms with Gasteiger partial charge in [-0.2, -0.15) is 0 Å². The number of hydrogen-bond acceptors (Lipinski definition) is 6. The summed E-state index contributed by atoms with van der Waals surface area (Å²) in [5, 5.41) is 9.84. The van der Waals surface area contributed by atoms with Crippen molar-refractivity contribution in [3.63, 3.8) is 0 Å². The molecule has 101 heavy (non-hydrogen) atoms. The molecule has 21 rings (SSSR count). The number of hydrogen-bond donors (Lipinski definition) is 0. The predicted octanol–water partition coefficient (Wildman–Crippen LogP) is 27.3. The molecule has 8 heteroatoms. The lowest BCUT2D eigenvalue weighted by Crippen LogP contribution is -2.29. The summed E-state index contributed by atoms with van der Waals surface area (Å²) in [5.41, 5.74) is 23.3. The lowest BCUT2D eigenvalue weighted by atomic mass is 9.89. The normalized spacial score (nSPS) is 15.2. The van der Waals surface area contributed by atoms with Gasteiger partial charge in [-0.25, -0.2) is 0 Å². The standard InChI is InChI=1S/C93H62N4OS3/c1-57-37-52-78-88-92(76-28-11-13-32-79(76)96(88)64-23-6-3-7-24-64)101-93(78)86(57)94(65-49-42-62(43-50-65)70-29-16-22-61-21-8-9-25-69(61)70)68-51-54-72-71-53-44-63(55-83(71)98-84(72)56-68)60-40-47-67(48-41-60)97-80-33-14-10-27-75(80)91-87(97)77-31-18-35-82(90(77)100-91)95(66-45-38-59(39-46-66)58-19-4-2-5-20-58)81-34-17-30-74-73-26-12-15-36-85(73)99-89(74)81/h2-34,36-57,82,86H,35H2,1H3. The van der Waals surface area contributed by atoms with Gasteiger partial charge in [0.25, 0.3) is 0 Å². The van der Waals surface area contributed by atoms with Crippen molar-refractivity contribution < 1.29 is 4.42 Å². The van der Waals surface area contributed by atoms with Gasteiger partial charge < -0.3 is 23.4 Å². The van der Waals surface area contributed by atoms with Crippen LogP contribution in [0, 0.1) is 5.92 Å². The minimum absolute atomic E-state index is 0.0205. The van der Waals surface area contributed by atoms with E-state index in [1.54, 1.807) is 0 Å². The van der Waals surface area contributed by atoms with Gasteiger partial charge >= 0.3 is 0 Å². The Morgan fingerprint density at radius 3 is 1.66 bits per heavy atom. The molecule has 3 atom stereocenters. The summed E-state index contributed by atoms with van der Waals surface area (Å²) < 4.78 is 17.3. The van der Waals surface area contributed by atoms with Crippen molar-refractivity contribution in [2.24, 2.45) is 5.92 Å². The summed E-state index contributed by atoms with van der Waals surface area (Å²) in [6.45, 7) is 2.38. The van der Waals surface area contributed by atoms with Crippen molar-refractivity contribution in [1.29, 1.82) is 0 Å². The molecule has 13 aromatic carbocycles. The van der Waals surface area contributed by atoms with Crippen LogP contribution >= 0.6 is 34.0 Å². The van der Waals surface area contributed by atoms with Gasteiger partial charge in [0.05, 0.1) is 53.9 Å². The van der Waals surface area contributed by atoms with Crippen LogP contribution in [-0.2, 0) is 0 Å². The van der Waals surface area contributed by atoms with Crippen LogP contribution < -0.4 is 9.80 Å². The number of benzene rings is 13. The molecule has 5 nitrogen and oxygen atoms in total. The Morgan fingerprint density at radius 1 is 0.376 bits per heavy atom. The maximum absolute atomic E-state index is 7.10. The van der Waals surface area contributed by atoms with E-state index in [9.17, 15) is 0 Å². The van der Waals surface area contributed by atoms with Crippen molar-refractivity contribution in [2.45, 2.75) is 25.4 Å². The molecule has 6 heterocycles. The minimum atomic E-state index is -0.0205. The van der Waals surface area contributed by atoms with Gasteiger partial charge in [-0.15, -0.1) is 34.0 Å². The largest absolute Gasteiger partial charge is 0.456 e. The summed E-state index contributed by atoms with van der Waals surface area (Å²) in [6, 6.07) is 112. The van der Waals surface area contributed by atoms with Crippen molar-refractivity contribution >= 4 is 164 Å². The summed E-state index contributed by atoms with van der Waals surface area (Å²) >= 11 is 5.81. The number of fused-ring (bicyclic) bond motifs is 17. The summed E-state index contributed by atoms with van der Waals surface area (Å²) in [6.07, 6.45) is 10.5. The molecule has 2 aliphatic rings. The van der Waals surface area contributed by atoms with E-state index in [0.717, 1.165) is 62.2 Å². The average Bonchev–Trinajstić information content (AvgIpc) is 1.56. The maximum atomic E-state index is 7.10. The lowest BCUT2D eigenvalue weighted by Gasteiger charge is -2.38. The van der Waals surface area contributed by atoms with Gasteiger partial charge in [-0.1, -0.05) is 231 Å². The monoisotopic (exact) mass is 1350 g/mol. The highest BCUT2D eigenvalue weighted by molar-refractivity contribution is 7.26. The highest BCUT2D eigenvalue weighted by Gasteiger charge is 2.37. The van der Waals surface area contributed by atoms with E-state index in [0.29, 0.717) is 0 Å². The van der Waals surface area contributed by atoms with Crippen LogP contribution in [0.2, 0.25) is 0 Å². The summed E-state index contributed by atoms with van der Waals surface area (Å²) in [7, 11) is 0. The molecule has 0 bridgehead atoms. The van der Waals surface area contributed by atoms with Gasteiger partial charge in [-0.3, -0.25) is 0 Å². The van der Waals surface area contributed by atoms with Crippen molar-refractivity contribution in [3.8, 4) is 44.8 Å². The molecule has 0 radical (unpaired) electrons. The molecule has 0 amide bonds. The molecule has 478 valence electrons. The molecular formula is C93H62N4OS3. The number of rotatable bonds is 11. The summed E-state index contributed by atoms with van der Waals surface area (Å²) in [4.78, 5) is 7.96. The first-order valence-electron chi connectivity index (χ1n) is 34.8. The van der Waals surface area contributed by atoms with Gasteiger partial charge in [0.1, 0.15) is 11.2 Å². The third-order valence-electron chi connectivity index (χ3n) is 21.3. The number of aromatic nitrogens is 2. The van der Waals surface area contributed by atoms with Gasteiger partial charge in [0, 0.05) is 98.3 Å². The first-order valence-corrected chi connectivity index (χ1v) is 37.3. The zero-order chi connectivity index (χ0) is 66.4. The second kappa shape index (κ2) is 23.2. The smallest absolute Gasteiger partial charge is 0.137 e. The van der Waals surface area contributed by atoms with E-state index in [4.69, 9.17) is 4.42 Å². The topological polar surface area (TPSA) is 29.5 Å². The summed E-state index contributed by atoms with van der Waals surface area (Å²) in [5.74, 6) is 0.173. The zero-order valence-electron chi connectivity index (χ0n) is 55.0. The first kappa shape index (κ1) is 58.2. The number of nitrogens with zero attached hydrogens (tertiary/aromatic N) is 4. The Hall–Kier alpha value is -11.8. The Bertz CT molecular complexity index is 6580. The molecule has 0 N–H and O–H groups in total. The Labute approximate surface area is 595 Å². The second-order valence-electron chi connectivity index (χ2n) is 27.0. The predicted molar refractivity (Wildman–Crippen MR) is 432 cm³/mol.